The Morgan fingerprint density at radius 1 is 1.10 bits per heavy atom. The van der Waals surface area contributed by atoms with Crippen LogP contribution in [0.4, 0.5) is 0 Å². The second kappa shape index (κ2) is 11.1. The molecule has 1 N–H and O–H groups in total. The van der Waals surface area contributed by atoms with E-state index < -0.39 is 0 Å². The van der Waals surface area contributed by atoms with E-state index in [1.54, 1.807) is 11.3 Å². The molecule has 0 aliphatic carbocycles. The van der Waals surface area contributed by atoms with E-state index in [2.05, 4.69) is 56.6 Å². The predicted molar refractivity (Wildman–Crippen MR) is 130 cm³/mol. The lowest BCUT2D eigenvalue weighted by Crippen LogP contribution is -2.30. The maximum absolute atomic E-state index is 13.4. The van der Waals surface area contributed by atoms with Gasteiger partial charge in [0.2, 0.25) is 0 Å². The van der Waals surface area contributed by atoms with Crippen molar-refractivity contribution in [3.05, 3.63) is 87.1 Å². The number of nitrogens with one attached hydrogen (secondary N) is 1. The molecule has 3 rings (SSSR count). The predicted octanol–water partition coefficient (Wildman–Crippen LogP) is 7.11. The van der Waals surface area contributed by atoms with Crippen molar-refractivity contribution in [1.82, 2.24) is 5.32 Å². The number of rotatable bonds is 10. The van der Waals surface area contributed by atoms with Crippen molar-refractivity contribution < 1.29 is 9.53 Å². The third kappa shape index (κ3) is 6.44. The van der Waals surface area contributed by atoms with Crippen LogP contribution in [0, 0.1) is 12.8 Å². The highest BCUT2D eigenvalue weighted by Gasteiger charge is 2.21. The van der Waals surface area contributed by atoms with E-state index >= 15 is 0 Å². The molecule has 0 radical (unpaired) electrons. The Morgan fingerprint density at radius 3 is 2.52 bits per heavy atom. The van der Waals surface area contributed by atoms with E-state index in [0.717, 1.165) is 41.7 Å². The summed E-state index contributed by atoms with van der Waals surface area (Å²) in [5.41, 5.74) is 4.10. The standard InChI is InChI=1S/C27H33NO2S/c1-5-9-22-13-12-21(18-30-23-10-7-6-8-11-23)17-24(22)27(29)28-25(16-19(2)3)26-20(4)14-15-31-26/h6-8,10-15,17,19,25H,5,9,16,18H2,1-4H3,(H,28,29). The molecule has 1 atom stereocenters. The number of amides is 1. The fourth-order valence-corrected chi connectivity index (χ4v) is 4.77. The summed E-state index contributed by atoms with van der Waals surface area (Å²) < 4.78 is 5.90. The van der Waals surface area contributed by atoms with Crippen molar-refractivity contribution in [2.45, 2.75) is 59.6 Å². The lowest BCUT2D eigenvalue weighted by atomic mass is 9.97. The summed E-state index contributed by atoms with van der Waals surface area (Å²) in [5, 5.41) is 5.44. The lowest BCUT2D eigenvalue weighted by molar-refractivity contribution is 0.0931. The third-order valence-corrected chi connectivity index (χ3v) is 6.45. The summed E-state index contributed by atoms with van der Waals surface area (Å²) in [5.74, 6) is 1.33. The molecular formula is C27H33NO2S. The van der Waals surface area contributed by atoms with Crippen molar-refractivity contribution in [3.63, 3.8) is 0 Å². The topological polar surface area (TPSA) is 38.3 Å². The molecule has 3 aromatic rings. The maximum atomic E-state index is 13.4. The minimum absolute atomic E-state index is 0.00320. The Bertz CT molecular complexity index is 978. The van der Waals surface area contributed by atoms with Crippen LogP contribution in [0.15, 0.2) is 60.0 Å². The van der Waals surface area contributed by atoms with Gasteiger partial charge < -0.3 is 10.1 Å². The minimum Gasteiger partial charge on any atom is -0.489 e. The van der Waals surface area contributed by atoms with E-state index in [9.17, 15) is 4.79 Å². The summed E-state index contributed by atoms with van der Waals surface area (Å²) in [6, 6.07) is 18.1. The number of carbonyl (C=O) groups excluding carboxylic acids is 1. The Kier molecular flexibility index (Phi) is 8.30. The van der Waals surface area contributed by atoms with Gasteiger partial charge in [0.15, 0.2) is 0 Å². The second-order valence-electron chi connectivity index (χ2n) is 8.47. The van der Waals surface area contributed by atoms with Gasteiger partial charge in [-0.1, -0.05) is 57.5 Å². The molecule has 4 heteroatoms. The van der Waals surface area contributed by atoms with Crippen LogP contribution in [0.1, 0.15) is 71.6 Å². The fourth-order valence-electron chi connectivity index (χ4n) is 3.78. The Morgan fingerprint density at radius 2 is 1.87 bits per heavy atom. The van der Waals surface area contributed by atoms with Gasteiger partial charge in [-0.2, -0.15) is 0 Å². The van der Waals surface area contributed by atoms with Crippen LogP contribution < -0.4 is 10.1 Å². The summed E-state index contributed by atoms with van der Waals surface area (Å²) in [6.07, 6.45) is 2.81. The Balaban J connectivity index is 1.82. The molecule has 1 aromatic heterocycles. The SMILES string of the molecule is CCCc1ccc(COc2ccccc2)cc1C(=O)NC(CC(C)C)c1sccc1C. The van der Waals surface area contributed by atoms with Gasteiger partial charge in [0.25, 0.3) is 5.91 Å². The van der Waals surface area contributed by atoms with Crippen LogP contribution >= 0.6 is 11.3 Å². The van der Waals surface area contributed by atoms with Gasteiger partial charge in [0.1, 0.15) is 12.4 Å². The molecule has 0 saturated heterocycles. The molecule has 0 aliphatic heterocycles. The molecule has 0 aliphatic rings. The molecule has 31 heavy (non-hydrogen) atoms. The Hall–Kier alpha value is -2.59. The zero-order valence-electron chi connectivity index (χ0n) is 19.0. The van der Waals surface area contributed by atoms with Crippen LogP contribution in [0.2, 0.25) is 0 Å². The number of ether oxygens (including phenoxy) is 1. The average Bonchev–Trinajstić information content (AvgIpc) is 3.19. The van der Waals surface area contributed by atoms with Gasteiger partial charge in [-0.25, -0.2) is 0 Å². The van der Waals surface area contributed by atoms with E-state index in [-0.39, 0.29) is 11.9 Å². The zero-order chi connectivity index (χ0) is 22.2. The molecule has 2 aromatic carbocycles. The summed E-state index contributed by atoms with van der Waals surface area (Å²) >= 11 is 1.73. The number of carbonyl (C=O) groups is 1. The van der Waals surface area contributed by atoms with Crippen LogP contribution in [0.25, 0.3) is 0 Å². The number of hydrogen-bond acceptors (Lipinski definition) is 3. The largest absolute Gasteiger partial charge is 0.489 e. The average molecular weight is 436 g/mol. The second-order valence-corrected chi connectivity index (χ2v) is 9.41. The number of aryl methyl sites for hydroxylation is 2. The molecule has 0 bridgehead atoms. The fraction of sp³-hybridized carbons (Fsp3) is 0.370. The zero-order valence-corrected chi connectivity index (χ0v) is 19.8. The van der Waals surface area contributed by atoms with Gasteiger partial charge in [-0.05, 0) is 72.0 Å². The quantitative estimate of drug-likeness (QED) is 0.369. The van der Waals surface area contributed by atoms with Gasteiger partial charge in [0.05, 0.1) is 6.04 Å². The van der Waals surface area contributed by atoms with Gasteiger partial charge in [-0.15, -0.1) is 11.3 Å². The first-order valence-electron chi connectivity index (χ1n) is 11.1. The highest BCUT2D eigenvalue weighted by Crippen LogP contribution is 2.29. The first-order chi connectivity index (χ1) is 15.0. The van der Waals surface area contributed by atoms with E-state index in [4.69, 9.17) is 4.74 Å². The first-order valence-corrected chi connectivity index (χ1v) is 12.0. The highest BCUT2D eigenvalue weighted by atomic mass is 32.1. The first kappa shape index (κ1) is 23.1. The van der Waals surface area contributed by atoms with Crippen LogP contribution in [0.5, 0.6) is 5.75 Å². The minimum atomic E-state index is 0.00320. The van der Waals surface area contributed by atoms with Gasteiger partial charge >= 0.3 is 0 Å². The maximum Gasteiger partial charge on any atom is 0.252 e. The van der Waals surface area contributed by atoms with Gasteiger partial charge in [0, 0.05) is 10.4 Å². The van der Waals surface area contributed by atoms with Crippen LogP contribution in [0.3, 0.4) is 0 Å². The van der Waals surface area contributed by atoms with E-state index in [1.807, 2.05) is 36.4 Å². The van der Waals surface area contributed by atoms with Crippen molar-refractivity contribution in [1.29, 1.82) is 0 Å². The molecule has 1 heterocycles. The van der Waals surface area contributed by atoms with E-state index in [1.165, 1.54) is 10.4 Å². The molecule has 1 unspecified atom stereocenters. The van der Waals surface area contributed by atoms with Gasteiger partial charge in [-0.3, -0.25) is 4.79 Å². The molecule has 1 amide bonds. The number of hydrogen-bond donors (Lipinski definition) is 1. The molecule has 3 nitrogen and oxygen atoms in total. The molecule has 0 fully saturated rings. The summed E-state index contributed by atoms with van der Waals surface area (Å²) in [7, 11) is 0. The van der Waals surface area contributed by atoms with Crippen molar-refractivity contribution >= 4 is 17.2 Å². The number of thiophene rings is 1. The Labute approximate surface area is 190 Å². The number of para-hydroxylation sites is 1. The van der Waals surface area contributed by atoms with Crippen molar-refractivity contribution in [3.8, 4) is 5.75 Å². The number of benzene rings is 2. The lowest BCUT2D eigenvalue weighted by Gasteiger charge is -2.22. The molecular weight excluding hydrogens is 402 g/mol. The summed E-state index contributed by atoms with van der Waals surface area (Å²) in [6.45, 7) is 9.11. The van der Waals surface area contributed by atoms with Crippen molar-refractivity contribution in [2.24, 2.45) is 5.92 Å². The third-order valence-electron chi connectivity index (χ3n) is 5.32. The summed E-state index contributed by atoms with van der Waals surface area (Å²) in [4.78, 5) is 14.7. The monoisotopic (exact) mass is 435 g/mol. The normalized spacial score (nSPS) is 12.0. The van der Waals surface area contributed by atoms with Crippen molar-refractivity contribution in [2.75, 3.05) is 0 Å². The smallest absolute Gasteiger partial charge is 0.252 e. The van der Waals surface area contributed by atoms with E-state index in [0.29, 0.717) is 12.5 Å². The van der Waals surface area contributed by atoms with Crippen LogP contribution in [-0.4, -0.2) is 5.91 Å². The van der Waals surface area contributed by atoms with Crippen LogP contribution in [-0.2, 0) is 13.0 Å². The molecule has 0 spiro atoms. The molecule has 0 saturated carbocycles. The highest BCUT2D eigenvalue weighted by molar-refractivity contribution is 7.10. The molecule has 164 valence electrons.